The standard InChI is InChI=1S/C24H34O4/c1-4-5-16-13-20-18-7-6-15-12-17(26)8-10-22(15,2)19(18)9-11-23(20,3)24(16,28)21(27)14-25/h9,12,16,18,20,25,28H,4-8,10-11,13-14H2,1-3H3/t16-,18?,20?,22-,23-,24-/m0/s1. The maximum Gasteiger partial charge on any atom is 0.190 e. The Morgan fingerprint density at radius 2 is 2.04 bits per heavy atom. The van der Waals surface area contributed by atoms with Crippen LogP contribution in [0.15, 0.2) is 23.3 Å². The van der Waals surface area contributed by atoms with Gasteiger partial charge < -0.3 is 10.2 Å². The summed E-state index contributed by atoms with van der Waals surface area (Å²) < 4.78 is 0. The minimum Gasteiger partial charge on any atom is -0.388 e. The number of allylic oxidation sites excluding steroid dienone is 4. The first kappa shape index (κ1) is 20.0. The summed E-state index contributed by atoms with van der Waals surface area (Å²) in [5.41, 5.74) is 0.711. The predicted octanol–water partition coefficient (Wildman–Crippen LogP) is 3.76. The van der Waals surface area contributed by atoms with E-state index in [2.05, 4.69) is 26.8 Å². The van der Waals surface area contributed by atoms with Crippen molar-refractivity contribution in [1.82, 2.24) is 0 Å². The molecule has 0 aromatic heterocycles. The average Bonchev–Trinajstić information content (AvgIpc) is 2.90. The number of aliphatic hydroxyl groups is 2. The minimum atomic E-state index is -1.44. The highest BCUT2D eigenvalue weighted by Crippen LogP contribution is 2.67. The maximum absolute atomic E-state index is 12.8. The van der Waals surface area contributed by atoms with Crippen LogP contribution < -0.4 is 0 Å². The van der Waals surface area contributed by atoms with Crippen molar-refractivity contribution in [3.8, 4) is 0 Å². The highest BCUT2D eigenvalue weighted by molar-refractivity contribution is 5.92. The zero-order valence-corrected chi connectivity index (χ0v) is 17.5. The molecule has 0 radical (unpaired) electrons. The van der Waals surface area contributed by atoms with Crippen LogP contribution in [0, 0.1) is 28.6 Å². The number of Topliss-reactive ketones (excluding diaryl/α,β-unsaturated/α-hetero) is 1. The van der Waals surface area contributed by atoms with E-state index in [-0.39, 0.29) is 23.0 Å². The normalized spacial score (nSPS) is 44.9. The summed E-state index contributed by atoms with van der Waals surface area (Å²) in [5.74, 6) is 0.366. The monoisotopic (exact) mass is 386 g/mol. The molecule has 4 heteroatoms. The fourth-order valence-corrected chi connectivity index (χ4v) is 7.37. The zero-order valence-electron chi connectivity index (χ0n) is 17.5. The molecule has 4 rings (SSSR count). The van der Waals surface area contributed by atoms with Gasteiger partial charge in [0.05, 0.1) is 0 Å². The van der Waals surface area contributed by atoms with Gasteiger partial charge in [0.1, 0.15) is 12.2 Å². The van der Waals surface area contributed by atoms with E-state index in [0.29, 0.717) is 18.8 Å². The Bertz CT molecular complexity index is 765. The molecule has 0 spiro atoms. The van der Waals surface area contributed by atoms with Gasteiger partial charge in [-0.25, -0.2) is 0 Å². The lowest BCUT2D eigenvalue weighted by Crippen LogP contribution is -2.58. The lowest BCUT2D eigenvalue weighted by molar-refractivity contribution is -0.162. The van der Waals surface area contributed by atoms with Crippen LogP contribution in [0.25, 0.3) is 0 Å². The molecule has 28 heavy (non-hydrogen) atoms. The second-order valence-corrected chi connectivity index (χ2v) is 10.1. The molecule has 2 N–H and O–H groups in total. The largest absolute Gasteiger partial charge is 0.388 e. The third kappa shape index (κ3) is 2.43. The van der Waals surface area contributed by atoms with Crippen LogP contribution in [0.2, 0.25) is 0 Å². The van der Waals surface area contributed by atoms with Gasteiger partial charge >= 0.3 is 0 Å². The molecule has 0 amide bonds. The van der Waals surface area contributed by atoms with Crippen LogP contribution in [-0.2, 0) is 9.59 Å². The lowest BCUT2D eigenvalue weighted by atomic mass is 9.50. The van der Waals surface area contributed by atoms with Crippen molar-refractivity contribution in [1.29, 1.82) is 0 Å². The minimum absolute atomic E-state index is 0.0416. The molecule has 0 bridgehead atoms. The summed E-state index contributed by atoms with van der Waals surface area (Å²) in [4.78, 5) is 24.8. The van der Waals surface area contributed by atoms with E-state index >= 15 is 0 Å². The van der Waals surface area contributed by atoms with Crippen molar-refractivity contribution in [2.45, 2.75) is 77.7 Å². The van der Waals surface area contributed by atoms with Gasteiger partial charge in [0.15, 0.2) is 11.6 Å². The molecule has 4 aliphatic carbocycles. The van der Waals surface area contributed by atoms with Crippen LogP contribution in [0.1, 0.15) is 72.1 Å². The Hall–Kier alpha value is -1.26. The molecule has 4 nitrogen and oxygen atoms in total. The van der Waals surface area contributed by atoms with Crippen LogP contribution in [0.4, 0.5) is 0 Å². The van der Waals surface area contributed by atoms with Gasteiger partial charge in [-0.15, -0.1) is 0 Å². The van der Waals surface area contributed by atoms with E-state index < -0.39 is 23.4 Å². The summed E-state index contributed by atoms with van der Waals surface area (Å²) in [7, 11) is 0. The number of ketones is 2. The second kappa shape index (κ2) is 6.63. The van der Waals surface area contributed by atoms with Gasteiger partial charge in [-0.2, -0.15) is 0 Å². The number of hydrogen-bond donors (Lipinski definition) is 2. The van der Waals surface area contributed by atoms with Crippen molar-refractivity contribution in [3.63, 3.8) is 0 Å². The maximum atomic E-state index is 12.8. The van der Waals surface area contributed by atoms with E-state index in [9.17, 15) is 19.8 Å². The van der Waals surface area contributed by atoms with Gasteiger partial charge in [-0.1, -0.05) is 44.4 Å². The number of carbonyl (C=O) groups is 2. The third-order valence-electron chi connectivity index (χ3n) is 8.93. The van der Waals surface area contributed by atoms with E-state index in [4.69, 9.17) is 0 Å². The average molecular weight is 387 g/mol. The molecule has 2 fully saturated rings. The number of hydrogen-bond acceptors (Lipinski definition) is 4. The molecular weight excluding hydrogens is 352 g/mol. The van der Waals surface area contributed by atoms with E-state index in [0.717, 1.165) is 38.5 Å². The number of rotatable bonds is 4. The summed E-state index contributed by atoms with van der Waals surface area (Å²) in [6, 6.07) is 0. The fraction of sp³-hybridized carbons (Fsp3) is 0.750. The zero-order chi connectivity index (χ0) is 20.3. The molecular formula is C24H34O4. The van der Waals surface area contributed by atoms with Crippen LogP contribution in [0.3, 0.4) is 0 Å². The second-order valence-electron chi connectivity index (χ2n) is 10.1. The van der Waals surface area contributed by atoms with Gasteiger partial charge in [0.2, 0.25) is 0 Å². The van der Waals surface area contributed by atoms with Crippen LogP contribution >= 0.6 is 0 Å². The van der Waals surface area contributed by atoms with Gasteiger partial charge in [0.25, 0.3) is 0 Å². The summed E-state index contributed by atoms with van der Waals surface area (Å²) >= 11 is 0. The molecule has 4 aliphatic rings. The predicted molar refractivity (Wildman–Crippen MR) is 108 cm³/mol. The topological polar surface area (TPSA) is 74.6 Å². The quantitative estimate of drug-likeness (QED) is 0.722. The van der Waals surface area contributed by atoms with Crippen LogP contribution in [0.5, 0.6) is 0 Å². The summed E-state index contributed by atoms with van der Waals surface area (Å²) in [6.45, 7) is 5.87. The molecule has 0 aromatic rings. The highest BCUT2D eigenvalue weighted by Gasteiger charge is 2.67. The van der Waals surface area contributed by atoms with Crippen molar-refractivity contribution < 1.29 is 19.8 Å². The van der Waals surface area contributed by atoms with Gasteiger partial charge in [-0.3, -0.25) is 9.59 Å². The Morgan fingerprint density at radius 1 is 1.29 bits per heavy atom. The van der Waals surface area contributed by atoms with Crippen molar-refractivity contribution in [2.75, 3.05) is 6.61 Å². The van der Waals surface area contributed by atoms with Crippen molar-refractivity contribution in [3.05, 3.63) is 23.3 Å². The van der Waals surface area contributed by atoms with Gasteiger partial charge in [0, 0.05) is 17.3 Å². The first-order valence-electron chi connectivity index (χ1n) is 11.0. The van der Waals surface area contributed by atoms with E-state index in [1.807, 2.05) is 6.08 Å². The molecule has 154 valence electrons. The van der Waals surface area contributed by atoms with E-state index in [1.54, 1.807) is 0 Å². The Morgan fingerprint density at radius 3 is 2.71 bits per heavy atom. The van der Waals surface area contributed by atoms with Crippen molar-refractivity contribution in [2.24, 2.45) is 28.6 Å². The molecule has 2 saturated carbocycles. The molecule has 0 heterocycles. The summed E-state index contributed by atoms with van der Waals surface area (Å²) in [6.07, 6.45) is 10.8. The first-order chi connectivity index (χ1) is 13.2. The lowest BCUT2D eigenvalue weighted by Gasteiger charge is -2.54. The van der Waals surface area contributed by atoms with Crippen LogP contribution in [-0.4, -0.2) is 34.0 Å². The van der Waals surface area contributed by atoms with E-state index in [1.165, 1.54) is 11.1 Å². The Kier molecular flexibility index (Phi) is 4.74. The van der Waals surface area contributed by atoms with Crippen molar-refractivity contribution >= 4 is 11.6 Å². The smallest absolute Gasteiger partial charge is 0.190 e. The molecule has 0 saturated heterocycles. The number of aliphatic hydroxyl groups excluding tert-OH is 1. The SMILES string of the molecule is CCC[C@H]1CC2C3CCC4=CC(=O)CC[C@]4(C)C3=CC[C@]2(C)[C@@]1(O)C(=O)CO. The first-order valence-corrected chi connectivity index (χ1v) is 11.0. The fourth-order valence-electron chi connectivity index (χ4n) is 7.37. The Balaban J connectivity index is 1.77. The highest BCUT2D eigenvalue weighted by atomic mass is 16.3. The number of fused-ring (bicyclic) bond motifs is 5. The summed E-state index contributed by atoms with van der Waals surface area (Å²) in [5, 5.41) is 21.4. The van der Waals surface area contributed by atoms with Gasteiger partial charge in [-0.05, 0) is 62.4 Å². The molecule has 2 unspecified atom stereocenters. The number of carbonyl (C=O) groups excluding carboxylic acids is 2. The molecule has 0 aromatic carbocycles. The molecule has 0 aliphatic heterocycles. The third-order valence-corrected chi connectivity index (χ3v) is 8.93. The molecule has 6 atom stereocenters. The Labute approximate surface area is 168 Å².